The summed E-state index contributed by atoms with van der Waals surface area (Å²) in [5.41, 5.74) is 2.46. The lowest BCUT2D eigenvalue weighted by molar-refractivity contribution is 0.132. The van der Waals surface area contributed by atoms with Gasteiger partial charge in [-0.3, -0.25) is 0 Å². The molecular weight excluding hydrogens is 230 g/mol. The van der Waals surface area contributed by atoms with E-state index in [9.17, 15) is 4.79 Å². The van der Waals surface area contributed by atoms with Crippen LogP contribution in [0.15, 0.2) is 24.3 Å². The van der Waals surface area contributed by atoms with E-state index in [4.69, 9.17) is 10.2 Å². The Morgan fingerprint density at radius 1 is 1.28 bits per heavy atom. The lowest BCUT2D eigenvalue weighted by Gasteiger charge is -2.31. The van der Waals surface area contributed by atoms with Crippen LogP contribution in [0.5, 0.6) is 0 Å². The summed E-state index contributed by atoms with van der Waals surface area (Å²) in [6.07, 6.45) is 1.59. The van der Waals surface area contributed by atoms with E-state index in [1.165, 1.54) is 16.0 Å². The largest absolute Gasteiger partial charge is 0.465 e. The molecule has 0 atom stereocenters. The molecule has 4 heteroatoms. The quantitative estimate of drug-likeness (QED) is 0.862. The zero-order valence-electron chi connectivity index (χ0n) is 10.4. The van der Waals surface area contributed by atoms with Gasteiger partial charge in [-0.25, -0.2) is 4.79 Å². The molecule has 0 aromatic heterocycles. The van der Waals surface area contributed by atoms with E-state index >= 15 is 0 Å². The van der Waals surface area contributed by atoms with Gasteiger partial charge in [-0.2, -0.15) is 0 Å². The van der Waals surface area contributed by atoms with Crippen molar-refractivity contribution in [2.24, 2.45) is 0 Å². The molecule has 1 fully saturated rings. The number of carboxylic acid groups (broad SMARTS) is 1. The lowest BCUT2D eigenvalue weighted by Crippen LogP contribution is -2.37. The fraction of sp³-hybridized carbons (Fsp3) is 0.500. The zero-order valence-corrected chi connectivity index (χ0v) is 10.4. The van der Waals surface area contributed by atoms with Crippen LogP contribution in [0, 0.1) is 0 Å². The Morgan fingerprint density at radius 3 is 2.56 bits per heavy atom. The molecule has 2 rings (SSSR count). The summed E-state index contributed by atoms with van der Waals surface area (Å²) in [7, 11) is 0. The van der Waals surface area contributed by atoms with Crippen LogP contribution in [-0.4, -0.2) is 40.9 Å². The maximum Gasteiger partial charge on any atom is 0.407 e. The van der Waals surface area contributed by atoms with Gasteiger partial charge in [0.2, 0.25) is 0 Å². The second-order valence-electron chi connectivity index (χ2n) is 4.72. The molecule has 0 radical (unpaired) electrons. The molecule has 0 saturated carbocycles. The maximum atomic E-state index is 10.9. The van der Waals surface area contributed by atoms with Crippen molar-refractivity contribution in [3.05, 3.63) is 35.4 Å². The van der Waals surface area contributed by atoms with Crippen LogP contribution < -0.4 is 0 Å². The Hall–Kier alpha value is -1.55. The minimum Gasteiger partial charge on any atom is -0.465 e. The molecule has 1 aliphatic heterocycles. The van der Waals surface area contributed by atoms with Gasteiger partial charge in [0.1, 0.15) is 0 Å². The molecule has 0 spiro atoms. The van der Waals surface area contributed by atoms with Crippen LogP contribution in [-0.2, 0) is 6.42 Å². The molecule has 4 nitrogen and oxygen atoms in total. The first kappa shape index (κ1) is 12.9. The third kappa shape index (κ3) is 2.82. The number of carbonyl (C=O) groups is 1. The van der Waals surface area contributed by atoms with Gasteiger partial charge in [0.05, 0.1) is 0 Å². The van der Waals surface area contributed by atoms with Crippen molar-refractivity contribution in [1.29, 1.82) is 0 Å². The Labute approximate surface area is 107 Å². The Bertz CT molecular complexity index is 411. The molecule has 1 aliphatic rings. The van der Waals surface area contributed by atoms with Crippen molar-refractivity contribution in [1.82, 2.24) is 4.90 Å². The minimum atomic E-state index is -0.822. The van der Waals surface area contributed by atoms with E-state index in [0.717, 1.165) is 12.8 Å². The van der Waals surface area contributed by atoms with Gasteiger partial charge >= 0.3 is 6.09 Å². The molecule has 0 bridgehead atoms. The highest BCUT2D eigenvalue weighted by atomic mass is 16.4. The second kappa shape index (κ2) is 5.87. The zero-order chi connectivity index (χ0) is 13.0. The molecular formula is C14H19NO3. The topological polar surface area (TPSA) is 60.8 Å². The van der Waals surface area contributed by atoms with Crippen LogP contribution in [0.3, 0.4) is 0 Å². The van der Waals surface area contributed by atoms with E-state index < -0.39 is 6.09 Å². The van der Waals surface area contributed by atoms with Crippen LogP contribution in [0.2, 0.25) is 0 Å². The van der Waals surface area contributed by atoms with Crippen molar-refractivity contribution in [2.45, 2.75) is 25.2 Å². The van der Waals surface area contributed by atoms with Crippen molar-refractivity contribution >= 4 is 6.09 Å². The molecule has 0 unspecified atom stereocenters. The van der Waals surface area contributed by atoms with Crippen molar-refractivity contribution in [2.75, 3.05) is 19.7 Å². The smallest absolute Gasteiger partial charge is 0.407 e. The van der Waals surface area contributed by atoms with E-state index in [1.54, 1.807) is 0 Å². The SMILES string of the molecule is O=C(O)N1CCC(c2ccccc2CCO)CC1. The Kier molecular flexibility index (Phi) is 4.20. The molecule has 1 aromatic carbocycles. The van der Waals surface area contributed by atoms with Gasteiger partial charge in [-0.05, 0) is 36.3 Å². The number of piperidine rings is 1. The number of aliphatic hydroxyl groups is 1. The average Bonchev–Trinajstić information content (AvgIpc) is 2.40. The summed E-state index contributed by atoms with van der Waals surface area (Å²) in [5.74, 6) is 0.420. The molecule has 18 heavy (non-hydrogen) atoms. The fourth-order valence-corrected chi connectivity index (χ4v) is 2.66. The lowest BCUT2D eigenvalue weighted by atomic mass is 9.86. The number of likely N-dealkylation sites (tertiary alicyclic amines) is 1. The highest BCUT2D eigenvalue weighted by Crippen LogP contribution is 2.30. The molecule has 1 saturated heterocycles. The van der Waals surface area contributed by atoms with Crippen LogP contribution in [0.4, 0.5) is 4.79 Å². The number of rotatable bonds is 3. The van der Waals surface area contributed by atoms with Crippen molar-refractivity contribution < 1.29 is 15.0 Å². The first-order valence-electron chi connectivity index (χ1n) is 6.39. The van der Waals surface area contributed by atoms with Gasteiger partial charge < -0.3 is 15.1 Å². The minimum absolute atomic E-state index is 0.158. The summed E-state index contributed by atoms with van der Waals surface area (Å²) in [5, 5.41) is 18.0. The summed E-state index contributed by atoms with van der Waals surface area (Å²) < 4.78 is 0. The molecule has 1 aromatic rings. The highest BCUT2D eigenvalue weighted by molar-refractivity contribution is 5.65. The number of nitrogens with zero attached hydrogens (tertiary/aromatic N) is 1. The van der Waals surface area contributed by atoms with Gasteiger partial charge in [0.25, 0.3) is 0 Å². The summed E-state index contributed by atoms with van der Waals surface area (Å²) >= 11 is 0. The van der Waals surface area contributed by atoms with E-state index in [-0.39, 0.29) is 6.61 Å². The number of amides is 1. The predicted octanol–water partition coefficient (Wildman–Crippen LogP) is 2.08. The van der Waals surface area contributed by atoms with Crippen LogP contribution in [0.25, 0.3) is 0 Å². The van der Waals surface area contributed by atoms with Gasteiger partial charge in [-0.1, -0.05) is 24.3 Å². The highest BCUT2D eigenvalue weighted by Gasteiger charge is 2.24. The molecule has 98 valence electrons. The van der Waals surface area contributed by atoms with E-state index in [2.05, 4.69) is 12.1 Å². The number of hydrogen-bond donors (Lipinski definition) is 2. The second-order valence-corrected chi connectivity index (χ2v) is 4.72. The van der Waals surface area contributed by atoms with Crippen LogP contribution >= 0.6 is 0 Å². The monoisotopic (exact) mass is 249 g/mol. The number of benzene rings is 1. The first-order chi connectivity index (χ1) is 8.72. The molecule has 1 amide bonds. The Morgan fingerprint density at radius 2 is 1.94 bits per heavy atom. The molecule has 0 aliphatic carbocycles. The molecule has 1 heterocycles. The third-order valence-electron chi connectivity index (χ3n) is 3.64. The Balaban J connectivity index is 2.07. The number of hydrogen-bond acceptors (Lipinski definition) is 2. The average molecular weight is 249 g/mol. The summed E-state index contributed by atoms with van der Waals surface area (Å²) in [6.45, 7) is 1.37. The molecule has 2 N–H and O–H groups in total. The normalized spacial score (nSPS) is 16.8. The van der Waals surface area contributed by atoms with Crippen molar-refractivity contribution in [3.63, 3.8) is 0 Å². The van der Waals surface area contributed by atoms with E-state index in [1.807, 2.05) is 12.1 Å². The fourth-order valence-electron chi connectivity index (χ4n) is 2.66. The number of aliphatic hydroxyl groups excluding tert-OH is 1. The van der Waals surface area contributed by atoms with Crippen LogP contribution in [0.1, 0.15) is 29.9 Å². The maximum absolute atomic E-state index is 10.9. The third-order valence-corrected chi connectivity index (χ3v) is 3.64. The van der Waals surface area contributed by atoms with Gasteiger partial charge in [0, 0.05) is 19.7 Å². The summed E-state index contributed by atoms with van der Waals surface area (Å²) in [4.78, 5) is 12.3. The first-order valence-corrected chi connectivity index (χ1v) is 6.39. The predicted molar refractivity (Wildman–Crippen MR) is 68.8 cm³/mol. The van der Waals surface area contributed by atoms with Gasteiger partial charge in [0.15, 0.2) is 0 Å². The standard InChI is InChI=1S/C14H19NO3/c16-10-7-11-3-1-2-4-13(11)12-5-8-15(9-6-12)14(17)18/h1-4,12,16H,5-10H2,(H,17,18). The van der Waals surface area contributed by atoms with Crippen molar-refractivity contribution in [3.8, 4) is 0 Å². The summed E-state index contributed by atoms with van der Waals surface area (Å²) in [6, 6.07) is 8.15. The van der Waals surface area contributed by atoms with E-state index in [0.29, 0.717) is 25.4 Å². The van der Waals surface area contributed by atoms with Gasteiger partial charge in [-0.15, -0.1) is 0 Å².